The molecule has 1 aliphatic rings. The number of hydrogen-bond acceptors (Lipinski definition) is 11. The Hall–Kier alpha value is -1.85. The first-order valence-corrected chi connectivity index (χ1v) is 10.1. The van der Waals surface area contributed by atoms with Crippen LogP contribution in [-0.4, -0.2) is 77.7 Å². The van der Waals surface area contributed by atoms with Crippen LogP contribution < -0.4 is 0 Å². The minimum absolute atomic E-state index is 0.229. The van der Waals surface area contributed by atoms with E-state index in [-0.39, 0.29) is 6.61 Å². The lowest BCUT2D eigenvalue weighted by Crippen LogP contribution is -2.62. The van der Waals surface area contributed by atoms with Crippen LogP contribution >= 0.6 is 11.9 Å². The smallest absolute Gasteiger partial charge is 0.303 e. The van der Waals surface area contributed by atoms with E-state index < -0.39 is 53.7 Å². The van der Waals surface area contributed by atoms with E-state index in [4.69, 9.17) is 23.7 Å². The second kappa shape index (κ2) is 12.0. The van der Waals surface area contributed by atoms with Crippen LogP contribution in [0.25, 0.3) is 0 Å². The van der Waals surface area contributed by atoms with Crippen LogP contribution in [0.1, 0.15) is 41.5 Å². The normalized spacial score (nSPS) is 26.5. The predicted molar refractivity (Wildman–Crippen MR) is 102 cm³/mol. The highest BCUT2D eigenvalue weighted by atomic mass is 32.2. The van der Waals surface area contributed by atoms with Crippen LogP contribution in [0.3, 0.4) is 0 Å². The molecule has 1 rings (SSSR count). The molecule has 0 aromatic heterocycles. The minimum atomic E-state index is -1.14. The van der Waals surface area contributed by atoms with Crippen LogP contribution in [-0.2, 0) is 42.9 Å². The van der Waals surface area contributed by atoms with Gasteiger partial charge in [0.2, 0.25) is 0 Å². The maximum atomic E-state index is 11.7. The molecule has 0 N–H and O–H groups in total. The summed E-state index contributed by atoms with van der Waals surface area (Å²) in [5, 5.41) is 0. The predicted octanol–water partition coefficient (Wildman–Crippen LogP) is 1.06. The molecule has 0 amide bonds. The van der Waals surface area contributed by atoms with Gasteiger partial charge in [0.15, 0.2) is 23.7 Å². The Morgan fingerprint density at radius 3 is 1.72 bits per heavy atom. The van der Waals surface area contributed by atoms with E-state index in [0.717, 1.165) is 0 Å². The van der Waals surface area contributed by atoms with Gasteiger partial charge in [0.05, 0.1) is 0 Å². The third-order valence-electron chi connectivity index (χ3n) is 3.91. The highest BCUT2D eigenvalue weighted by molar-refractivity contribution is 7.97. The summed E-state index contributed by atoms with van der Waals surface area (Å²) >= 11 is 1.27. The molecule has 0 saturated carbocycles. The van der Waals surface area contributed by atoms with Crippen molar-refractivity contribution >= 4 is 35.8 Å². The fraction of sp³-hybridized carbons (Fsp3) is 0.778. The Kier molecular flexibility index (Phi) is 10.4. The van der Waals surface area contributed by atoms with Crippen molar-refractivity contribution in [3.05, 3.63) is 0 Å². The largest absolute Gasteiger partial charge is 0.463 e. The third kappa shape index (κ3) is 8.19. The molecule has 0 aromatic rings. The number of carbonyl (C=O) groups is 4. The van der Waals surface area contributed by atoms with Crippen molar-refractivity contribution in [3.63, 3.8) is 0 Å². The first kappa shape index (κ1) is 25.2. The molecule has 10 nitrogen and oxygen atoms in total. The molecular formula is C18H29NO9S. The lowest BCUT2D eigenvalue weighted by molar-refractivity contribution is -0.237. The minimum Gasteiger partial charge on any atom is -0.463 e. The molecule has 0 spiro atoms. The van der Waals surface area contributed by atoms with E-state index in [1.165, 1.54) is 39.6 Å². The standard InChI is InChI=1S/C18H29NO9S/c1-7-19(8-2)29-18-17(27-13(6)23)16(26-12(5)22)15(25-11(4)21)14(28-18)9-24-10(3)20/h14-18H,7-9H2,1-6H3/t14-,15+,16+,17-,18+/m1/s1. The molecule has 0 aliphatic carbocycles. The van der Waals surface area contributed by atoms with E-state index in [0.29, 0.717) is 13.1 Å². The zero-order valence-electron chi connectivity index (χ0n) is 17.5. The topological polar surface area (TPSA) is 118 Å². The van der Waals surface area contributed by atoms with Gasteiger partial charge < -0.3 is 23.7 Å². The summed E-state index contributed by atoms with van der Waals surface area (Å²) in [6.07, 6.45) is -4.23. The molecule has 0 unspecified atom stereocenters. The molecule has 1 aliphatic heterocycles. The Bertz CT molecular complexity index is 596. The number of esters is 4. The average Bonchev–Trinajstić information content (AvgIpc) is 2.61. The van der Waals surface area contributed by atoms with Gasteiger partial charge in [0.1, 0.15) is 12.7 Å². The molecule has 1 saturated heterocycles. The van der Waals surface area contributed by atoms with Crippen LogP contribution in [0.5, 0.6) is 0 Å². The van der Waals surface area contributed by atoms with Crippen molar-refractivity contribution in [3.8, 4) is 0 Å². The summed E-state index contributed by atoms with van der Waals surface area (Å²) in [5.41, 5.74) is -0.782. The zero-order valence-corrected chi connectivity index (χ0v) is 18.4. The van der Waals surface area contributed by atoms with Crippen LogP contribution in [0.4, 0.5) is 0 Å². The van der Waals surface area contributed by atoms with Crippen LogP contribution in [0.2, 0.25) is 0 Å². The quantitative estimate of drug-likeness (QED) is 0.294. The van der Waals surface area contributed by atoms with Gasteiger partial charge in [-0.25, -0.2) is 4.31 Å². The molecule has 0 radical (unpaired) electrons. The van der Waals surface area contributed by atoms with Gasteiger partial charge >= 0.3 is 23.9 Å². The van der Waals surface area contributed by atoms with Crippen molar-refractivity contribution in [1.29, 1.82) is 0 Å². The molecule has 5 atom stereocenters. The van der Waals surface area contributed by atoms with E-state index in [2.05, 4.69) is 0 Å². The van der Waals surface area contributed by atoms with E-state index in [1.807, 2.05) is 18.2 Å². The summed E-state index contributed by atoms with van der Waals surface area (Å²) in [5.74, 6) is -2.46. The number of hydrogen-bond donors (Lipinski definition) is 0. The lowest BCUT2D eigenvalue weighted by Gasteiger charge is -2.44. The fourth-order valence-corrected chi connectivity index (χ4v) is 3.91. The molecule has 11 heteroatoms. The average molecular weight is 435 g/mol. The third-order valence-corrected chi connectivity index (χ3v) is 5.31. The molecule has 0 aromatic carbocycles. The fourth-order valence-electron chi connectivity index (χ4n) is 2.79. The Morgan fingerprint density at radius 1 is 0.793 bits per heavy atom. The van der Waals surface area contributed by atoms with Crippen LogP contribution in [0.15, 0.2) is 0 Å². The number of rotatable bonds is 9. The molecule has 1 fully saturated rings. The van der Waals surface area contributed by atoms with Crippen LogP contribution in [0, 0.1) is 0 Å². The van der Waals surface area contributed by atoms with E-state index >= 15 is 0 Å². The second-order valence-electron chi connectivity index (χ2n) is 6.29. The highest BCUT2D eigenvalue weighted by Gasteiger charge is 2.52. The Labute approximate surface area is 174 Å². The van der Waals surface area contributed by atoms with Gasteiger partial charge in [-0.1, -0.05) is 13.8 Å². The van der Waals surface area contributed by atoms with Crippen molar-refractivity contribution in [2.75, 3.05) is 19.7 Å². The molecular weight excluding hydrogens is 406 g/mol. The second-order valence-corrected chi connectivity index (χ2v) is 7.48. The Balaban J connectivity index is 3.31. The zero-order chi connectivity index (χ0) is 22.1. The molecule has 166 valence electrons. The van der Waals surface area contributed by atoms with Crippen molar-refractivity contribution in [2.24, 2.45) is 0 Å². The molecule has 0 bridgehead atoms. The summed E-state index contributed by atoms with van der Waals surface area (Å²) < 4.78 is 29.1. The monoisotopic (exact) mass is 435 g/mol. The summed E-state index contributed by atoms with van der Waals surface area (Å²) in [4.78, 5) is 46.4. The SMILES string of the molecule is CCN(CC)S[C@@H]1O[C@H](COC(C)=O)[C@H](OC(C)=O)[C@H](OC(C)=O)[C@H]1OC(C)=O. The number of nitrogens with zero attached hydrogens (tertiary/aromatic N) is 1. The van der Waals surface area contributed by atoms with Gasteiger partial charge in [0.25, 0.3) is 0 Å². The number of carbonyl (C=O) groups excluding carboxylic acids is 4. The first-order chi connectivity index (χ1) is 13.6. The van der Waals surface area contributed by atoms with Crippen molar-refractivity contribution < 1.29 is 42.9 Å². The highest BCUT2D eigenvalue weighted by Crippen LogP contribution is 2.35. The Morgan fingerprint density at radius 2 is 1.28 bits per heavy atom. The number of ether oxygens (including phenoxy) is 5. The van der Waals surface area contributed by atoms with E-state index in [1.54, 1.807) is 0 Å². The summed E-state index contributed by atoms with van der Waals surface area (Å²) in [6.45, 7) is 9.84. The molecule has 1 heterocycles. The van der Waals surface area contributed by atoms with Gasteiger partial charge in [0, 0.05) is 40.8 Å². The van der Waals surface area contributed by atoms with Gasteiger partial charge in [-0.05, 0) is 11.9 Å². The van der Waals surface area contributed by atoms with Gasteiger partial charge in [-0.2, -0.15) is 0 Å². The van der Waals surface area contributed by atoms with Gasteiger partial charge in [-0.15, -0.1) is 0 Å². The summed E-state index contributed by atoms with van der Waals surface area (Å²) in [7, 11) is 0. The summed E-state index contributed by atoms with van der Waals surface area (Å²) in [6, 6.07) is 0. The maximum absolute atomic E-state index is 11.7. The van der Waals surface area contributed by atoms with Crippen molar-refractivity contribution in [2.45, 2.75) is 71.4 Å². The maximum Gasteiger partial charge on any atom is 0.303 e. The van der Waals surface area contributed by atoms with Gasteiger partial charge in [-0.3, -0.25) is 19.2 Å². The van der Waals surface area contributed by atoms with E-state index in [9.17, 15) is 19.2 Å². The lowest BCUT2D eigenvalue weighted by atomic mass is 9.99. The van der Waals surface area contributed by atoms with Crippen molar-refractivity contribution in [1.82, 2.24) is 4.31 Å². The molecule has 29 heavy (non-hydrogen) atoms. The first-order valence-electron chi connectivity index (χ1n) is 9.31.